The molecule has 0 aliphatic heterocycles. The molecule has 1 aromatic heterocycles. The van der Waals surface area contributed by atoms with Crippen LogP contribution in [0.5, 0.6) is 0 Å². The van der Waals surface area contributed by atoms with Gasteiger partial charge in [0.05, 0.1) is 12.1 Å². The highest BCUT2D eigenvalue weighted by molar-refractivity contribution is 7.91. The van der Waals surface area contributed by atoms with E-state index in [-0.39, 0.29) is 5.92 Å². The maximum absolute atomic E-state index is 12.3. The molecule has 0 aromatic carbocycles. The normalized spacial score (nSPS) is 16.8. The summed E-state index contributed by atoms with van der Waals surface area (Å²) in [5, 5.41) is 12.0. The second kappa shape index (κ2) is 8.12. The zero-order valence-electron chi connectivity index (χ0n) is 12.4. The van der Waals surface area contributed by atoms with Crippen LogP contribution in [0.15, 0.2) is 21.7 Å². The van der Waals surface area contributed by atoms with Gasteiger partial charge in [-0.3, -0.25) is 0 Å². The molecular formula is C14H25NO3S2. The van der Waals surface area contributed by atoms with E-state index in [2.05, 4.69) is 11.6 Å². The van der Waals surface area contributed by atoms with Gasteiger partial charge in [0.1, 0.15) is 4.21 Å². The zero-order chi connectivity index (χ0) is 15.2. The lowest BCUT2D eigenvalue weighted by Crippen LogP contribution is -2.47. The monoisotopic (exact) mass is 319 g/mol. The molecule has 0 saturated carbocycles. The van der Waals surface area contributed by atoms with Crippen molar-refractivity contribution in [3.05, 3.63) is 17.5 Å². The molecule has 3 atom stereocenters. The van der Waals surface area contributed by atoms with Crippen LogP contribution in [0, 0.1) is 5.92 Å². The first kappa shape index (κ1) is 17.6. The maximum Gasteiger partial charge on any atom is 0.250 e. The van der Waals surface area contributed by atoms with Crippen LogP contribution < -0.4 is 4.72 Å². The number of aliphatic hydroxyl groups is 1. The zero-order valence-corrected chi connectivity index (χ0v) is 14.0. The van der Waals surface area contributed by atoms with Crippen molar-refractivity contribution < 1.29 is 13.5 Å². The smallest absolute Gasteiger partial charge is 0.250 e. The van der Waals surface area contributed by atoms with E-state index in [0.29, 0.717) is 10.6 Å². The van der Waals surface area contributed by atoms with Crippen molar-refractivity contribution in [3.63, 3.8) is 0 Å². The Hall–Kier alpha value is -0.430. The van der Waals surface area contributed by atoms with Gasteiger partial charge in [-0.05, 0) is 23.8 Å². The number of hydrogen-bond donors (Lipinski definition) is 2. The summed E-state index contributed by atoms with van der Waals surface area (Å²) < 4.78 is 27.6. The summed E-state index contributed by atoms with van der Waals surface area (Å²) in [4.78, 5) is 0. The fourth-order valence-corrected chi connectivity index (χ4v) is 4.46. The lowest BCUT2D eigenvalue weighted by molar-refractivity contribution is 0.101. The molecule has 0 saturated heterocycles. The van der Waals surface area contributed by atoms with Crippen LogP contribution in [0.3, 0.4) is 0 Å². The number of rotatable bonds is 9. The number of thiophene rings is 1. The number of aliphatic hydroxyl groups excluding tert-OH is 1. The first-order valence-electron chi connectivity index (χ1n) is 7.16. The quantitative estimate of drug-likeness (QED) is 0.735. The van der Waals surface area contributed by atoms with E-state index in [1.807, 2.05) is 13.8 Å². The van der Waals surface area contributed by atoms with Gasteiger partial charge in [-0.2, -0.15) is 0 Å². The van der Waals surface area contributed by atoms with Gasteiger partial charge >= 0.3 is 0 Å². The highest BCUT2D eigenvalue weighted by atomic mass is 32.2. The summed E-state index contributed by atoms with van der Waals surface area (Å²) in [7, 11) is -3.53. The first-order valence-corrected chi connectivity index (χ1v) is 9.52. The molecule has 1 heterocycles. The third-order valence-electron chi connectivity index (χ3n) is 3.58. The predicted octanol–water partition coefficient (Wildman–Crippen LogP) is 2.99. The third-order valence-corrected chi connectivity index (χ3v) is 6.43. The number of nitrogens with one attached hydrogen (secondary N) is 1. The van der Waals surface area contributed by atoms with Crippen LogP contribution in [0.2, 0.25) is 0 Å². The standard InChI is InChI=1S/C14H25NO3S2/c1-4-6-8-12(16)14(11(3)5-2)15-20(17,18)13-9-7-10-19-13/h7,9-12,14-16H,4-6,8H2,1-3H3/t11-,12?,14-/m0/s1. The molecule has 1 unspecified atom stereocenters. The second-order valence-corrected chi connectivity index (χ2v) is 8.06. The minimum Gasteiger partial charge on any atom is -0.391 e. The average molecular weight is 319 g/mol. The Bertz CT molecular complexity index is 471. The molecule has 0 fully saturated rings. The number of unbranched alkanes of at least 4 members (excludes halogenated alkanes) is 1. The molecule has 6 heteroatoms. The molecule has 1 aromatic rings. The van der Waals surface area contributed by atoms with Gasteiger partial charge in [-0.1, -0.05) is 46.1 Å². The van der Waals surface area contributed by atoms with Crippen molar-refractivity contribution in [2.45, 2.75) is 62.8 Å². The minimum absolute atomic E-state index is 0.0941. The first-order chi connectivity index (χ1) is 9.42. The fourth-order valence-electron chi connectivity index (χ4n) is 2.07. The number of sulfonamides is 1. The molecule has 0 amide bonds. The average Bonchev–Trinajstić information content (AvgIpc) is 2.96. The summed E-state index contributed by atoms with van der Waals surface area (Å²) in [5.74, 6) is 0.0941. The maximum atomic E-state index is 12.3. The van der Waals surface area contributed by atoms with Crippen molar-refractivity contribution in [3.8, 4) is 0 Å². The molecule has 0 aliphatic rings. The molecule has 0 spiro atoms. The fraction of sp³-hybridized carbons (Fsp3) is 0.714. The van der Waals surface area contributed by atoms with E-state index in [0.717, 1.165) is 19.3 Å². The largest absolute Gasteiger partial charge is 0.391 e. The SMILES string of the molecule is CCCCC(O)[C@@H](NS(=O)(=O)c1cccs1)[C@@H](C)CC. The van der Waals surface area contributed by atoms with Gasteiger partial charge in [-0.15, -0.1) is 11.3 Å². The van der Waals surface area contributed by atoms with E-state index in [9.17, 15) is 13.5 Å². The van der Waals surface area contributed by atoms with Gasteiger partial charge in [-0.25, -0.2) is 13.1 Å². The molecule has 4 nitrogen and oxygen atoms in total. The Morgan fingerprint density at radius 3 is 2.60 bits per heavy atom. The van der Waals surface area contributed by atoms with Crippen LogP contribution in [-0.4, -0.2) is 25.7 Å². The van der Waals surface area contributed by atoms with E-state index in [4.69, 9.17) is 0 Å². The minimum atomic E-state index is -3.53. The predicted molar refractivity (Wildman–Crippen MR) is 83.4 cm³/mol. The van der Waals surface area contributed by atoms with Gasteiger partial charge < -0.3 is 5.11 Å². The van der Waals surface area contributed by atoms with Gasteiger partial charge in [0.25, 0.3) is 0 Å². The van der Waals surface area contributed by atoms with Crippen LogP contribution in [0.25, 0.3) is 0 Å². The summed E-state index contributed by atoms with van der Waals surface area (Å²) in [6.45, 7) is 6.03. The van der Waals surface area contributed by atoms with Crippen LogP contribution in [0.1, 0.15) is 46.5 Å². The van der Waals surface area contributed by atoms with Gasteiger partial charge in [0, 0.05) is 0 Å². The van der Waals surface area contributed by atoms with E-state index >= 15 is 0 Å². The molecule has 0 radical (unpaired) electrons. The Balaban J connectivity index is 2.84. The molecular weight excluding hydrogens is 294 g/mol. The van der Waals surface area contributed by atoms with Crippen LogP contribution in [0.4, 0.5) is 0 Å². The van der Waals surface area contributed by atoms with Gasteiger partial charge in [0.2, 0.25) is 10.0 Å². The van der Waals surface area contributed by atoms with Crippen molar-refractivity contribution in [1.29, 1.82) is 0 Å². The Labute approximate surface area is 126 Å². The molecule has 1 rings (SSSR count). The summed E-state index contributed by atoms with van der Waals surface area (Å²) in [5.41, 5.74) is 0. The van der Waals surface area contributed by atoms with Crippen molar-refractivity contribution in [2.75, 3.05) is 0 Å². The van der Waals surface area contributed by atoms with Gasteiger partial charge in [0.15, 0.2) is 0 Å². The van der Waals surface area contributed by atoms with Crippen molar-refractivity contribution in [2.24, 2.45) is 5.92 Å². The Morgan fingerprint density at radius 1 is 1.40 bits per heavy atom. The summed E-state index contributed by atoms with van der Waals surface area (Å²) in [6.07, 6.45) is 2.69. The lowest BCUT2D eigenvalue weighted by atomic mass is 9.92. The Morgan fingerprint density at radius 2 is 2.10 bits per heavy atom. The van der Waals surface area contributed by atoms with Crippen LogP contribution >= 0.6 is 11.3 Å². The molecule has 2 N–H and O–H groups in total. The second-order valence-electron chi connectivity index (χ2n) is 5.17. The van der Waals surface area contributed by atoms with Crippen LogP contribution in [-0.2, 0) is 10.0 Å². The summed E-state index contributed by atoms with van der Waals surface area (Å²) >= 11 is 1.19. The van der Waals surface area contributed by atoms with E-state index < -0.39 is 22.2 Å². The summed E-state index contributed by atoms with van der Waals surface area (Å²) in [6, 6.07) is 2.86. The van der Waals surface area contributed by atoms with Crippen molar-refractivity contribution in [1.82, 2.24) is 4.72 Å². The molecule has 0 bridgehead atoms. The highest BCUT2D eigenvalue weighted by Crippen LogP contribution is 2.21. The van der Waals surface area contributed by atoms with Crippen molar-refractivity contribution >= 4 is 21.4 Å². The topological polar surface area (TPSA) is 66.4 Å². The molecule has 0 aliphatic carbocycles. The Kier molecular flexibility index (Phi) is 7.15. The lowest BCUT2D eigenvalue weighted by Gasteiger charge is -2.28. The number of hydrogen-bond acceptors (Lipinski definition) is 4. The van der Waals surface area contributed by atoms with E-state index in [1.54, 1.807) is 17.5 Å². The molecule has 20 heavy (non-hydrogen) atoms. The third kappa shape index (κ3) is 4.84. The van der Waals surface area contributed by atoms with E-state index in [1.165, 1.54) is 11.3 Å². The molecule has 116 valence electrons. The highest BCUT2D eigenvalue weighted by Gasteiger charge is 2.29.